The number of para-hydroxylation sites is 4. The van der Waals surface area contributed by atoms with Gasteiger partial charge >= 0.3 is 0 Å². The molecule has 0 aliphatic rings. The molecule has 5 nitrogen and oxygen atoms in total. The standard InChI is InChI=1S/C52H38N4O.Pt/c1-34-35(2)37(4)53-52(36(34)3)56-47-26-12-11-23-45(47)46-30-29-42(32-50(46)56)57-41-22-15-21-40(31-41)54-33-55(49-28-14-13-27-48(49)54)51-43(38-17-7-5-8-18-38)24-16-25-44(51)39-19-9-6-10-20-39;/h5-30H,1-4H3;/q-2;/i1D3,2D3,3D3,4D3,5D,6D,7D,8D,9D,10D,17D,18D,19D,20D;. The molecule has 0 radical (unpaired) electrons. The Hall–Kier alpha value is -6.55. The van der Waals surface area contributed by atoms with E-state index in [2.05, 4.69) is 23.4 Å². The molecule has 0 unspecified atom stereocenters. The first-order valence-corrected chi connectivity index (χ1v) is 17.4. The number of aryl methyl sites for hydroxylation is 1. The Labute approximate surface area is 383 Å². The number of fused-ring (bicyclic) bond motifs is 4. The first-order valence-electron chi connectivity index (χ1n) is 28.4. The number of ether oxygens (including phenoxy) is 1. The van der Waals surface area contributed by atoms with Gasteiger partial charge in [-0.05, 0) is 83.5 Å². The van der Waals surface area contributed by atoms with E-state index >= 15 is 0 Å². The minimum absolute atomic E-state index is 0. The van der Waals surface area contributed by atoms with Crippen molar-refractivity contribution >= 4 is 32.8 Å². The van der Waals surface area contributed by atoms with Crippen LogP contribution in [0.1, 0.15) is 52.5 Å². The molecule has 0 amide bonds. The Morgan fingerprint density at radius 3 is 2.02 bits per heavy atom. The van der Waals surface area contributed by atoms with Gasteiger partial charge in [-0.15, -0.1) is 29.7 Å². The summed E-state index contributed by atoms with van der Waals surface area (Å²) in [5.74, 6) is -0.631. The third kappa shape index (κ3) is 6.23. The third-order valence-electron chi connectivity index (χ3n) is 9.52. The van der Waals surface area contributed by atoms with Gasteiger partial charge < -0.3 is 13.9 Å². The van der Waals surface area contributed by atoms with E-state index in [4.69, 9.17) is 34.9 Å². The number of aromatic nitrogens is 4. The van der Waals surface area contributed by atoms with Gasteiger partial charge in [0.25, 0.3) is 6.33 Å². The summed E-state index contributed by atoms with van der Waals surface area (Å²) in [6.45, 7) is -13.6. The number of hydrogen-bond acceptors (Lipinski definition) is 2. The molecular formula is C52H38N4OPt-2. The zero-order valence-corrected chi connectivity index (χ0v) is 32.0. The van der Waals surface area contributed by atoms with Crippen LogP contribution in [0.15, 0.2) is 157 Å². The molecule has 7 aromatic carbocycles. The molecular weight excluding hydrogens is 892 g/mol. The van der Waals surface area contributed by atoms with Gasteiger partial charge in [-0.3, -0.25) is 4.57 Å². The molecule has 6 heteroatoms. The van der Waals surface area contributed by atoms with Gasteiger partial charge in [0.15, 0.2) is 0 Å². The summed E-state index contributed by atoms with van der Waals surface area (Å²) >= 11 is 0. The van der Waals surface area contributed by atoms with E-state index in [1.54, 1.807) is 83.4 Å². The zero-order chi connectivity index (χ0) is 57.3. The van der Waals surface area contributed by atoms with Crippen molar-refractivity contribution in [2.24, 2.45) is 0 Å². The maximum Gasteiger partial charge on any atom is 0.268 e. The van der Waals surface area contributed by atoms with Crippen LogP contribution in [0.4, 0.5) is 0 Å². The second-order valence-electron chi connectivity index (χ2n) is 12.8. The molecule has 284 valence electrons. The van der Waals surface area contributed by atoms with Crippen LogP contribution in [0.2, 0.25) is 0 Å². The molecule has 0 aliphatic carbocycles. The molecule has 0 spiro atoms. The first kappa shape index (κ1) is 19.7. The number of imidazole rings is 1. The average molecular weight is 952 g/mol. The quantitative estimate of drug-likeness (QED) is 0.118. The maximum absolute atomic E-state index is 8.99. The summed E-state index contributed by atoms with van der Waals surface area (Å²) < 4.78 is 199. The Morgan fingerprint density at radius 2 is 1.29 bits per heavy atom. The summed E-state index contributed by atoms with van der Waals surface area (Å²) in [6, 6.07) is 26.0. The molecule has 3 aromatic heterocycles. The van der Waals surface area contributed by atoms with Crippen LogP contribution in [0.5, 0.6) is 11.5 Å². The molecule has 10 aromatic rings. The minimum atomic E-state index is -3.47. The zero-order valence-electron chi connectivity index (χ0n) is 51.8. The monoisotopic (exact) mass is 951 g/mol. The minimum Gasteiger partial charge on any atom is -0.510 e. The molecule has 0 fully saturated rings. The summed E-state index contributed by atoms with van der Waals surface area (Å²) in [4.78, 5) is 4.26. The van der Waals surface area contributed by atoms with Gasteiger partial charge in [0.05, 0.1) is 30.4 Å². The number of benzene rings is 7. The fraction of sp³-hybridized carbons (Fsp3) is 0.0769. The Bertz CT molecular complexity index is 4050. The van der Waals surface area contributed by atoms with Crippen LogP contribution in [0.3, 0.4) is 0 Å². The van der Waals surface area contributed by atoms with Gasteiger partial charge in [-0.25, -0.2) is 4.98 Å². The van der Waals surface area contributed by atoms with Gasteiger partial charge in [-0.1, -0.05) is 127 Å². The van der Waals surface area contributed by atoms with Crippen molar-refractivity contribution in [1.82, 2.24) is 14.1 Å². The topological polar surface area (TPSA) is 35.9 Å². The van der Waals surface area contributed by atoms with E-state index < -0.39 is 116 Å². The van der Waals surface area contributed by atoms with Crippen molar-refractivity contribution in [2.75, 3.05) is 0 Å². The molecule has 0 bridgehead atoms. The van der Waals surface area contributed by atoms with E-state index in [1.807, 2.05) is 0 Å². The van der Waals surface area contributed by atoms with E-state index in [-0.39, 0.29) is 77.2 Å². The predicted molar refractivity (Wildman–Crippen MR) is 230 cm³/mol. The van der Waals surface area contributed by atoms with Gasteiger partial charge in [0.2, 0.25) is 0 Å². The second-order valence-corrected chi connectivity index (χ2v) is 12.8. The van der Waals surface area contributed by atoms with Crippen molar-refractivity contribution in [3.63, 3.8) is 0 Å². The summed E-state index contributed by atoms with van der Waals surface area (Å²) in [6.07, 6.45) is 3.28. The van der Waals surface area contributed by atoms with E-state index in [0.29, 0.717) is 21.8 Å². The fourth-order valence-electron chi connectivity index (χ4n) is 6.99. The number of nitrogens with zero attached hydrogens (tertiary/aromatic N) is 4. The fourth-order valence-corrected chi connectivity index (χ4v) is 6.99. The van der Waals surface area contributed by atoms with Crippen molar-refractivity contribution in [3.8, 4) is 50.9 Å². The molecule has 58 heavy (non-hydrogen) atoms. The second kappa shape index (κ2) is 15.1. The van der Waals surface area contributed by atoms with Gasteiger partial charge in [0.1, 0.15) is 5.82 Å². The molecule has 0 saturated heterocycles. The Morgan fingerprint density at radius 1 is 0.621 bits per heavy atom. The van der Waals surface area contributed by atoms with Crippen LogP contribution >= 0.6 is 0 Å². The maximum atomic E-state index is 8.99. The van der Waals surface area contributed by atoms with Crippen molar-refractivity contribution in [3.05, 3.63) is 198 Å². The SMILES string of the molecule is [2H]c1c([2H])c([2H])c(-c2cccc(-c3c([2H])c([2H])c([2H])c([2H])c3[2H])c2-[n+]2[c-]n(-c3[c-]c(Oc4[c-]c5c(cc4)c4ccccc4n5-c4nc(C([2H])([2H])[2H])c(C([2H])([2H])[2H])c(C([2H])([2H])[2H])c4C([2H])([2H])[2H])ccc3)c3ccccc32)c([2H])c1[2H].[Pt]. The number of pyridine rings is 1. The number of rotatable bonds is 7. The smallest absolute Gasteiger partial charge is 0.268 e. The van der Waals surface area contributed by atoms with Crippen LogP contribution < -0.4 is 9.30 Å². The van der Waals surface area contributed by atoms with Crippen molar-refractivity contribution in [2.45, 2.75) is 27.4 Å². The molecule has 3 heterocycles. The van der Waals surface area contributed by atoms with Gasteiger partial charge in [0, 0.05) is 60.2 Å². The molecule has 0 atom stereocenters. The van der Waals surface area contributed by atoms with Gasteiger partial charge in [-0.2, -0.15) is 18.2 Å². The van der Waals surface area contributed by atoms with Crippen LogP contribution in [-0.2, 0) is 21.1 Å². The van der Waals surface area contributed by atoms with E-state index in [1.165, 1.54) is 27.3 Å². The molecule has 0 N–H and O–H groups in total. The molecule has 10 rings (SSSR count). The Balaban J connectivity index is 0.00000774. The molecule has 0 saturated carbocycles. The normalized spacial score (nSPS) is 17.7. The van der Waals surface area contributed by atoms with Crippen LogP contribution in [0, 0.1) is 45.9 Å². The summed E-state index contributed by atoms with van der Waals surface area (Å²) in [7, 11) is 0. The van der Waals surface area contributed by atoms with E-state index in [0.717, 1.165) is 0 Å². The predicted octanol–water partition coefficient (Wildman–Crippen LogP) is 12.2. The van der Waals surface area contributed by atoms with Crippen molar-refractivity contribution < 1.29 is 60.5 Å². The summed E-state index contributed by atoms with van der Waals surface area (Å²) in [5.41, 5.74) is -3.49. The van der Waals surface area contributed by atoms with Crippen molar-refractivity contribution in [1.29, 1.82) is 0 Å². The first-order chi connectivity index (χ1) is 36.9. The largest absolute Gasteiger partial charge is 0.510 e. The average Bonchev–Trinajstić information content (AvgIpc) is 3.96. The Kier molecular flexibility index (Phi) is 5.13. The van der Waals surface area contributed by atoms with Crippen LogP contribution in [-0.4, -0.2) is 14.1 Å². The van der Waals surface area contributed by atoms with E-state index in [9.17, 15) is 0 Å². The summed E-state index contributed by atoms with van der Waals surface area (Å²) in [5, 5.41) is 0.888. The number of hydrogen-bond donors (Lipinski definition) is 0. The van der Waals surface area contributed by atoms with Crippen LogP contribution in [0.25, 0.3) is 72.3 Å². The third-order valence-corrected chi connectivity index (χ3v) is 9.52. The molecule has 0 aliphatic heterocycles.